The van der Waals surface area contributed by atoms with E-state index in [-0.39, 0.29) is 5.75 Å². The summed E-state index contributed by atoms with van der Waals surface area (Å²) in [7, 11) is 7.36. The zero-order chi connectivity index (χ0) is 16.4. The third-order valence-corrected chi connectivity index (χ3v) is 2.92. The van der Waals surface area contributed by atoms with Gasteiger partial charge in [0.05, 0.1) is 6.61 Å². The Morgan fingerprint density at radius 2 is 1.64 bits per heavy atom. The molecule has 0 saturated heterocycles. The average molecular weight is 377 g/mol. The predicted molar refractivity (Wildman–Crippen MR) is 95.8 cm³/mol. The van der Waals surface area contributed by atoms with Crippen molar-refractivity contribution in [2.24, 2.45) is 0 Å². The highest BCUT2D eigenvalue weighted by Gasteiger charge is 2.01. The molecule has 0 heterocycles. The zero-order valence-corrected chi connectivity index (χ0v) is 14.6. The molecule has 22 heavy (non-hydrogen) atoms. The van der Waals surface area contributed by atoms with Gasteiger partial charge in [-0.3, -0.25) is 0 Å². The van der Waals surface area contributed by atoms with Gasteiger partial charge in [0.15, 0.2) is 5.05 Å². The quantitative estimate of drug-likeness (QED) is 0.635. The highest BCUT2D eigenvalue weighted by atomic mass is 36.0. The van der Waals surface area contributed by atoms with E-state index >= 15 is 0 Å². The van der Waals surface area contributed by atoms with Gasteiger partial charge in [0.25, 0.3) is 0 Å². The Labute approximate surface area is 146 Å². The standard InChI is InChI=1S/C15H14O2S.Cl2OS/c16-14-8-6-12(7-9-14)10-11-17-15(18)13-4-2-1-3-5-13;1-4(2)3/h1-9,16H,10-11H2;. The van der Waals surface area contributed by atoms with Crippen LogP contribution in [0.5, 0.6) is 5.75 Å². The maximum Gasteiger partial charge on any atom is 0.211 e. The Morgan fingerprint density at radius 1 is 1.09 bits per heavy atom. The molecular weight excluding hydrogens is 363 g/mol. The first-order valence-corrected chi connectivity index (χ1v) is 9.44. The summed E-state index contributed by atoms with van der Waals surface area (Å²) in [5.74, 6) is 0.277. The molecule has 0 amide bonds. The van der Waals surface area contributed by atoms with Gasteiger partial charge in [0.2, 0.25) is 9.23 Å². The van der Waals surface area contributed by atoms with Crippen LogP contribution in [0.1, 0.15) is 11.1 Å². The van der Waals surface area contributed by atoms with Crippen molar-refractivity contribution in [3.05, 3.63) is 65.7 Å². The molecule has 0 aliphatic rings. The third kappa shape index (κ3) is 8.34. The second-order valence-corrected chi connectivity index (χ2v) is 7.00. The molecule has 2 aromatic rings. The molecule has 7 heteroatoms. The second-order valence-electron chi connectivity index (χ2n) is 4.10. The second kappa shape index (κ2) is 10.6. The number of ether oxygens (including phenoxy) is 1. The molecule has 3 nitrogen and oxygen atoms in total. The Bertz CT molecular complexity index is 600. The van der Waals surface area contributed by atoms with E-state index in [1.807, 2.05) is 42.5 Å². The molecule has 0 atom stereocenters. The Kier molecular flexibility index (Phi) is 9.08. The van der Waals surface area contributed by atoms with Crippen molar-refractivity contribution < 1.29 is 14.1 Å². The Balaban J connectivity index is 0.000000541. The van der Waals surface area contributed by atoms with Crippen molar-refractivity contribution in [2.75, 3.05) is 6.61 Å². The number of phenolic OH excluding ortho intramolecular Hbond substituents is 1. The van der Waals surface area contributed by atoms with Crippen LogP contribution in [0, 0.1) is 0 Å². The molecule has 118 valence electrons. The smallest absolute Gasteiger partial charge is 0.211 e. The van der Waals surface area contributed by atoms with Crippen molar-refractivity contribution in [3.63, 3.8) is 0 Å². The van der Waals surface area contributed by atoms with Crippen LogP contribution in [0.15, 0.2) is 54.6 Å². The fourth-order valence-corrected chi connectivity index (χ4v) is 1.80. The largest absolute Gasteiger partial charge is 0.508 e. The SMILES string of the molecule is O=S(Cl)Cl.Oc1ccc(CCOC(=S)c2ccccc2)cc1. The Morgan fingerprint density at radius 3 is 2.18 bits per heavy atom. The van der Waals surface area contributed by atoms with Crippen LogP contribution in [0.4, 0.5) is 0 Å². The summed E-state index contributed by atoms with van der Waals surface area (Å²) in [5.41, 5.74) is 2.04. The maximum atomic E-state index is 9.17. The summed E-state index contributed by atoms with van der Waals surface area (Å²) < 4.78 is 14.6. The van der Waals surface area contributed by atoms with Gasteiger partial charge in [-0.2, -0.15) is 0 Å². The number of benzene rings is 2. The van der Waals surface area contributed by atoms with Crippen LogP contribution >= 0.6 is 33.6 Å². The first kappa shape index (κ1) is 18.9. The van der Waals surface area contributed by atoms with E-state index in [0.29, 0.717) is 11.7 Å². The number of phenols is 1. The van der Waals surface area contributed by atoms with Crippen LogP contribution in [0.25, 0.3) is 0 Å². The number of halogens is 2. The molecular formula is C15H14Cl2O3S2. The molecule has 0 aliphatic heterocycles. The summed E-state index contributed by atoms with van der Waals surface area (Å²) in [6, 6.07) is 16.8. The maximum absolute atomic E-state index is 9.17. The van der Waals surface area contributed by atoms with Crippen LogP contribution in [-0.2, 0) is 20.4 Å². The highest BCUT2D eigenvalue weighted by molar-refractivity contribution is 8.26. The normalized spacial score (nSPS) is 9.77. The van der Waals surface area contributed by atoms with Gasteiger partial charge < -0.3 is 9.84 Å². The van der Waals surface area contributed by atoms with Crippen molar-refractivity contribution in [1.29, 1.82) is 0 Å². The number of rotatable bonds is 4. The third-order valence-electron chi connectivity index (χ3n) is 2.57. The van der Waals surface area contributed by atoms with Gasteiger partial charge in [-0.15, -0.1) is 0 Å². The van der Waals surface area contributed by atoms with Gasteiger partial charge in [-0.05, 0) is 29.9 Å². The highest BCUT2D eigenvalue weighted by Crippen LogP contribution is 2.10. The Hall–Kier alpha value is -1.14. The number of thiocarbonyl (C=S) groups is 1. The van der Waals surface area contributed by atoms with E-state index in [9.17, 15) is 0 Å². The molecule has 1 N–H and O–H groups in total. The molecule has 2 rings (SSSR count). The van der Waals surface area contributed by atoms with Gasteiger partial charge in [0, 0.05) is 33.3 Å². The summed E-state index contributed by atoms with van der Waals surface area (Å²) in [4.78, 5) is 0. The summed E-state index contributed by atoms with van der Waals surface area (Å²) in [6.45, 7) is 0.540. The van der Waals surface area contributed by atoms with Crippen LogP contribution in [-0.4, -0.2) is 21.0 Å². The molecule has 0 aliphatic carbocycles. The minimum atomic E-state index is -1.67. The fraction of sp³-hybridized carbons (Fsp3) is 0.133. The lowest BCUT2D eigenvalue weighted by Gasteiger charge is -2.07. The number of aromatic hydroxyl groups is 1. The zero-order valence-electron chi connectivity index (χ0n) is 11.4. The van der Waals surface area contributed by atoms with E-state index < -0.39 is 9.23 Å². The molecule has 0 radical (unpaired) electrons. The lowest BCUT2D eigenvalue weighted by atomic mass is 10.1. The molecule has 0 unspecified atom stereocenters. The minimum absolute atomic E-state index is 0.277. The van der Waals surface area contributed by atoms with Crippen LogP contribution < -0.4 is 0 Å². The molecule has 0 aromatic heterocycles. The molecule has 0 saturated carbocycles. The van der Waals surface area contributed by atoms with Crippen molar-refractivity contribution >= 4 is 47.9 Å². The van der Waals surface area contributed by atoms with Crippen molar-refractivity contribution in [3.8, 4) is 5.75 Å². The first-order valence-electron chi connectivity index (χ1n) is 6.23. The summed E-state index contributed by atoms with van der Waals surface area (Å²) >= 11 is 5.19. The van der Waals surface area contributed by atoms with Crippen molar-refractivity contribution in [1.82, 2.24) is 0 Å². The lowest BCUT2D eigenvalue weighted by Crippen LogP contribution is -2.06. The van der Waals surface area contributed by atoms with Gasteiger partial charge >= 0.3 is 0 Å². The summed E-state index contributed by atoms with van der Waals surface area (Å²) in [5, 5.41) is 9.69. The molecule has 2 aromatic carbocycles. The van der Waals surface area contributed by atoms with Gasteiger partial charge in [-0.1, -0.05) is 42.5 Å². The monoisotopic (exact) mass is 376 g/mol. The van der Waals surface area contributed by atoms with E-state index in [1.54, 1.807) is 12.1 Å². The predicted octanol–water partition coefficient (Wildman–Crippen LogP) is 4.37. The van der Waals surface area contributed by atoms with Crippen LogP contribution in [0.2, 0.25) is 0 Å². The topological polar surface area (TPSA) is 46.5 Å². The lowest BCUT2D eigenvalue weighted by molar-refractivity contribution is 0.318. The van der Waals surface area contributed by atoms with Crippen molar-refractivity contribution in [2.45, 2.75) is 6.42 Å². The van der Waals surface area contributed by atoms with E-state index in [2.05, 4.69) is 21.4 Å². The summed E-state index contributed by atoms with van der Waals surface area (Å²) in [6.07, 6.45) is 0.771. The van der Waals surface area contributed by atoms with Gasteiger partial charge in [-0.25, -0.2) is 4.21 Å². The minimum Gasteiger partial charge on any atom is -0.508 e. The van der Waals surface area contributed by atoms with E-state index in [1.165, 1.54) is 0 Å². The van der Waals surface area contributed by atoms with Gasteiger partial charge in [0.1, 0.15) is 5.75 Å². The number of hydrogen-bond donors (Lipinski definition) is 1. The molecule has 0 spiro atoms. The van der Waals surface area contributed by atoms with E-state index in [0.717, 1.165) is 17.5 Å². The fourth-order valence-electron chi connectivity index (χ4n) is 1.58. The van der Waals surface area contributed by atoms with Crippen LogP contribution in [0.3, 0.4) is 0 Å². The molecule has 0 fully saturated rings. The van der Waals surface area contributed by atoms with E-state index in [4.69, 9.17) is 26.3 Å². The first-order chi connectivity index (χ1) is 10.5. The molecule has 0 bridgehead atoms. The number of hydrogen-bond acceptors (Lipinski definition) is 4. The average Bonchev–Trinajstić information content (AvgIpc) is 2.49.